The predicted molar refractivity (Wildman–Crippen MR) is 60.5 cm³/mol. The van der Waals surface area contributed by atoms with E-state index in [4.69, 9.17) is 5.11 Å². The number of benzene rings is 1. The number of hydrogen-bond acceptors (Lipinski definition) is 4. The fourth-order valence-corrected chi connectivity index (χ4v) is 0.813. The summed E-state index contributed by atoms with van der Waals surface area (Å²) in [6.07, 6.45) is 0.250. The molecular weight excluding hydrogens is 224 g/mol. The quantitative estimate of drug-likeness (QED) is 0.628. The van der Waals surface area contributed by atoms with E-state index in [1.165, 1.54) is 6.92 Å². The van der Waals surface area contributed by atoms with Gasteiger partial charge in [-0.15, -0.1) is 0 Å². The van der Waals surface area contributed by atoms with Crippen molar-refractivity contribution in [3.8, 4) is 0 Å². The average molecular weight is 238 g/mol. The van der Waals surface area contributed by atoms with Crippen molar-refractivity contribution < 1.29 is 24.2 Å². The van der Waals surface area contributed by atoms with Crippen molar-refractivity contribution in [2.24, 2.45) is 0 Å². The van der Waals surface area contributed by atoms with Gasteiger partial charge in [0.2, 0.25) is 0 Å². The van der Waals surface area contributed by atoms with Crippen molar-refractivity contribution in [3.05, 3.63) is 35.9 Å². The molecule has 17 heavy (non-hydrogen) atoms. The molecule has 1 rings (SSSR count). The van der Waals surface area contributed by atoms with Gasteiger partial charge in [-0.25, -0.2) is 4.79 Å². The van der Waals surface area contributed by atoms with Crippen LogP contribution in [0.3, 0.4) is 0 Å². The van der Waals surface area contributed by atoms with E-state index in [0.717, 1.165) is 0 Å². The van der Waals surface area contributed by atoms with Crippen LogP contribution in [0.2, 0.25) is 0 Å². The summed E-state index contributed by atoms with van der Waals surface area (Å²) in [6, 6.07) is 8.30. The molecule has 0 saturated heterocycles. The van der Waals surface area contributed by atoms with Gasteiger partial charge in [0.25, 0.3) is 0 Å². The molecule has 0 aliphatic heterocycles. The topological polar surface area (TPSA) is 80.7 Å². The molecule has 0 radical (unpaired) electrons. The molecular formula is C12H14O5. The zero-order valence-corrected chi connectivity index (χ0v) is 9.67. The first-order valence-corrected chi connectivity index (χ1v) is 4.97. The largest absolute Gasteiger partial charge is 0.478 e. The summed E-state index contributed by atoms with van der Waals surface area (Å²) in [4.78, 5) is 30.4. The lowest BCUT2D eigenvalue weighted by Gasteiger charge is -1.92. The Kier molecular flexibility index (Phi) is 7.01. The normalized spacial score (nSPS) is 8.59. The third kappa shape index (κ3) is 7.72. The standard InChI is InChI=1S/C7H6O2.C5H8O3/c8-7(9)6-4-2-1-3-5-6;1-3-5(7)8-4(2)6/h1-5H,(H,8,9);3H2,1-2H3. The SMILES string of the molecule is CCC(=O)OC(C)=O.O=C(O)c1ccccc1. The second-order valence-corrected chi connectivity index (χ2v) is 2.99. The van der Waals surface area contributed by atoms with Crippen LogP contribution >= 0.6 is 0 Å². The van der Waals surface area contributed by atoms with E-state index in [1.54, 1.807) is 37.3 Å². The lowest BCUT2D eigenvalue weighted by molar-refractivity contribution is -0.157. The minimum atomic E-state index is -0.879. The van der Waals surface area contributed by atoms with Crippen LogP contribution in [0.15, 0.2) is 30.3 Å². The fourth-order valence-electron chi connectivity index (χ4n) is 0.813. The number of ether oxygens (including phenoxy) is 1. The number of carboxylic acid groups (broad SMARTS) is 1. The molecule has 0 atom stereocenters. The molecule has 0 bridgehead atoms. The van der Waals surface area contributed by atoms with Crippen molar-refractivity contribution in [1.29, 1.82) is 0 Å². The summed E-state index contributed by atoms with van der Waals surface area (Å²) in [6.45, 7) is 2.83. The summed E-state index contributed by atoms with van der Waals surface area (Å²) in [5, 5.41) is 8.38. The molecule has 0 aromatic heterocycles. The second-order valence-electron chi connectivity index (χ2n) is 2.99. The molecule has 0 heterocycles. The van der Waals surface area contributed by atoms with Gasteiger partial charge >= 0.3 is 17.9 Å². The van der Waals surface area contributed by atoms with Crippen LogP contribution in [0.25, 0.3) is 0 Å². The first-order valence-electron chi connectivity index (χ1n) is 4.97. The first kappa shape index (κ1) is 14.8. The van der Waals surface area contributed by atoms with Gasteiger partial charge in [0.15, 0.2) is 0 Å². The van der Waals surface area contributed by atoms with E-state index in [0.29, 0.717) is 5.56 Å². The van der Waals surface area contributed by atoms with Gasteiger partial charge < -0.3 is 9.84 Å². The molecule has 1 aromatic rings. The molecule has 92 valence electrons. The van der Waals surface area contributed by atoms with E-state index in [-0.39, 0.29) is 6.42 Å². The van der Waals surface area contributed by atoms with E-state index >= 15 is 0 Å². The number of esters is 2. The monoisotopic (exact) mass is 238 g/mol. The maximum absolute atomic E-state index is 10.2. The van der Waals surface area contributed by atoms with E-state index in [1.807, 2.05) is 0 Å². The van der Waals surface area contributed by atoms with Crippen LogP contribution in [0.1, 0.15) is 30.6 Å². The van der Waals surface area contributed by atoms with E-state index in [2.05, 4.69) is 4.74 Å². The van der Waals surface area contributed by atoms with Gasteiger partial charge in [0.1, 0.15) is 0 Å². The average Bonchev–Trinajstić information content (AvgIpc) is 2.30. The molecule has 0 spiro atoms. The van der Waals surface area contributed by atoms with Crippen LogP contribution in [-0.2, 0) is 14.3 Å². The summed E-state index contributed by atoms with van der Waals surface area (Å²) in [7, 11) is 0. The molecule has 0 aliphatic carbocycles. The number of hydrogen-bond donors (Lipinski definition) is 1. The molecule has 0 saturated carbocycles. The molecule has 5 heteroatoms. The highest BCUT2D eigenvalue weighted by Gasteiger charge is 1.99. The van der Waals surface area contributed by atoms with Gasteiger partial charge in [0.05, 0.1) is 5.56 Å². The maximum atomic E-state index is 10.2. The highest BCUT2D eigenvalue weighted by atomic mass is 16.6. The zero-order chi connectivity index (χ0) is 13.3. The number of rotatable bonds is 2. The van der Waals surface area contributed by atoms with Crippen LogP contribution < -0.4 is 0 Å². The van der Waals surface area contributed by atoms with Crippen LogP contribution in [0, 0.1) is 0 Å². The second kappa shape index (κ2) is 8.04. The number of carbonyl (C=O) groups excluding carboxylic acids is 2. The number of aromatic carboxylic acids is 1. The molecule has 0 unspecified atom stereocenters. The van der Waals surface area contributed by atoms with Crippen molar-refractivity contribution in [3.63, 3.8) is 0 Å². The minimum absolute atomic E-state index is 0.250. The Morgan fingerprint density at radius 2 is 1.71 bits per heavy atom. The molecule has 0 aliphatic rings. The first-order chi connectivity index (χ1) is 7.97. The summed E-state index contributed by atoms with van der Waals surface area (Å²) in [5.41, 5.74) is 0.331. The summed E-state index contributed by atoms with van der Waals surface area (Å²) in [5.74, 6) is -1.90. The smallest absolute Gasteiger partial charge is 0.335 e. The predicted octanol–water partition coefficient (Wildman–Crippen LogP) is 1.87. The fraction of sp³-hybridized carbons (Fsp3) is 0.250. The lowest BCUT2D eigenvalue weighted by atomic mass is 10.2. The highest BCUT2D eigenvalue weighted by molar-refractivity contribution is 5.87. The van der Waals surface area contributed by atoms with E-state index < -0.39 is 17.9 Å². The van der Waals surface area contributed by atoms with Gasteiger partial charge in [-0.2, -0.15) is 0 Å². The Balaban J connectivity index is 0.000000304. The van der Waals surface area contributed by atoms with Crippen molar-refractivity contribution in [1.82, 2.24) is 0 Å². The third-order valence-electron chi connectivity index (χ3n) is 1.57. The Morgan fingerprint density at radius 1 is 1.18 bits per heavy atom. The Labute approximate surface area is 99.0 Å². The van der Waals surface area contributed by atoms with Crippen LogP contribution in [0.5, 0.6) is 0 Å². The zero-order valence-electron chi connectivity index (χ0n) is 9.67. The molecule has 0 amide bonds. The Bertz CT molecular complexity index is 383. The molecule has 0 fully saturated rings. The van der Waals surface area contributed by atoms with Crippen LogP contribution in [0.4, 0.5) is 0 Å². The van der Waals surface area contributed by atoms with Gasteiger partial charge in [0, 0.05) is 13.3 Å². The number of carboxylic acids is 1. The number of carbonyl (C=O) groups is 3. The van der Waals surface area contributed by atoms with Gasteiger partial charge in [-0.1, -0.05) is 25.1 Å². The van der Waals surface area contributed by atoms with E-state index in [9.17, 15) is 14.4 Å². The highest BCUT2D eigenvalue weighted by Crippen LogP contribution is 1.96. The van der Waals surface area contributed by atoms with Crippen molar-refractivity contribution in [2.75, 3.05) is 0 Å². The van der Waals surface area contributed by atoms with Gasteiger partial charge in [-0.3, -0.25) is 9.59 Å². The molecule has 5 nitrogen and oxygen atoms in total. The Hall–Kier alpha value is -2.17. The maximum Gasteiger partial charge on any atom is 0.335 e. The summed E-state index contributed by atoms with van der Waals surface area (Å²) < 4.78 is 4.12. The molecule has 1 aromatic carbocycles. The van der Waals surface area contributed by atoms with Gasteiger partial charge in [-0.05, 0) is 12.1 Å². The third-order valence-corrected chi connectivity index (χ3v) is 1.57. The minimum Gasteiger partial charge on any atom is -0.478 e. The lowest BCUT2D eigenvalue weighted by Crippen LogP contribution is -2.06. The van der Waals surface area contributed by atoms with Crippen molar-refractivity contribution >= 4 is 17.9 Å². The Morgan fingerprint density at radius 3 is 1.94 bits per heavy atom. The van der Waals surface area contributed by atoms with Crippen LogP contribution in [-0.4, -0.2) is 23.0 Å². The molecule has 1 N–H and O–H groups in total. The van der Waals surface area contributed by atoms with Crippen molar-refractivity contribution in [2.45, 2.75) is 20.3 Å². The summed E-state index contributed by atoms with van der Waals surface area (Å²) >= 11 is 0.